The minimum Gasteiger partial charge on any atom is -0.459 e. The summed E-state index contributed by atoms with van der Waals surface area (Å²) in [6, 6.07) is 6.58. The van der Waals surface area contributed by atoms with Crippen molar-refractivity contribution in [1.29, 1.82) is 0 Å². The summed E-state index contributed by atoms with van der Waals surface area (Å²) in [6.45, 7) is 5.07. The van der Waals surface area contributed by atoms with Gasteiger partial charge in [0.1, 0.15) is 17.2 Å². The highest BCUT2D eigenvalue weighted by Crippen LogP contribution is 2.29. The summed E-state index contributed by atoms with van der Waals surface area (Å²) in [5.74, 6) is -2.18. The number of hydrogen-bond acceptors (Lipinski definition) is 4. The van der Waals surface area contributed by atoms with E-state index in [1.807, 2.05) is 0 Å². The van der Waals surface area contributed by atoms with Gasteiger partial charge >= 0.3 is 5.97 Å². The average molecular weight is 327 g/mol. The van der Waals surface area contributed by atoms with E-state index in [2.05, 4.69) is 15.9 Å². The number of benzene rings is 1. The molecule has 0 saturated heterocycles. The van der Waals surface area contributed by atoms with Crippen molar-refractivity contribution < 1.29 is 19.7 Å². The van der Waals surface area contributed by atoms with Gasteiger partial charge in [-0.25, -0.2) is 0 Å². The number of aliphatic hydroxyl groups is 2. The second-order valence-corrected chi connectivity index (χ2v) is 6.22. The first kappa shape index (κ1) is 16.2. The molecule has 4 nitrogen and oxygen atoms in total. The van der Waals surface area contributed by atoms with Gasteiger partial charge in [0, 0.05) is 4.47 Å². The molecule has 2 radical (unpaired) electrons. The molecule has 0 saturated carbocycles. The van der Waals surface area contributed by atoms with Crippen molar-refractivity contribution in [2.75, 3.05) is 0 Å². The zero-order valence-electron chi connectivity index (χ0n) is 11.1. The van der Waals surface area contributed by atoms with Crippen LogP contribution in [0.5, 0.6) is 0 Å². The molecule has 1 aromatic rings. The molecule has 0 aliphatic heterocycles. The molecule has 1 unspecified atom stereocenters. The SMILES string of the molecule is [B]C(O)(O)C(C(=O)OC(C)(C)C)c1cccc(Br)c1. The van der Waals surface area contributed by atoms with E-state index >= 15 is 0 Å². The Morgan fingerprint density at radius 2 is 1.95 bits per heavy atom. The number of esters is 1. The molecule has 0 fully saturated rings. The molecule has 0 bridgehead atoms. The molecule has 2 N–H and O–H groups in total. The molecule has 0 amide bonds. The second kappa shape index (κ2) is 5.65. The van der Waals surface area contributed by atoms with E-state index in [0.717, 1.165) is 0 Å². The van der Waals surface area contributed by atoms with Crippen molar-refractivity contribution in [3.63, 3.8) is 0 Å². The molecule has 19 heavy (non-hydrogen) atoms. The lowest BCUT2D eigenvalue weighted by molar-refractivity contribution is -0.174. The van der Waals surface area contributed by atoms with Gasteiger partial charge in [0.15, 0.2) is 7.85 Å². The fourth-order valence-corrected chi connectivity index (χ4v) is 2.02. The fraction of sp³-hybridized carbons (Fsp3) is 0.462. The Hall–Kier alpha value is -0.845. The zero-order chi connectivity index (χ0) is 14.8. The maximum Gasteiger partial charge on any atom is 0.318 e. The van der Waals surface area contributed by atoms with Gasteiger partial charge in [0.2, 0.25) is 0 Å². The first-order valence-corrected chi connectivity index (χ1v) is 6.52. The molecule has 1 atom stereocenters. The van der Waals surface area contributed by atoms with Crippen LogP contribution in [0.4, 0.5) is 0 Å². The van der Waals surface area contributed by atoms with Gasteiger partial charge < -0.3 is 14.9 Å². The Labute approximate surface area is 122 Å². The lowest BCUT2D eigenvalue weighted by Crippen LogP contribution is -2.43. The molecule has 0 aliphatic carbocycles. The molecule has 1 rings (SSSR count). The van der Waals surface area contributed by atoms with Gasteiger partial charge in [-0.2, -0.15) is 0 Å². The molecule has 6 heteroatoms. The first-order chi connectivity index (χ1) is 8.50. The summed E-state index contributed by atoms with van der Waals surface area (Å²) < 4.78 is 5.86. The van der Waals surface area contributed by atoms with Crippen molar-refractivity contribution in [3.05, 3.63) is 34.3 Å². The zero-order valence-corrected chi connectivity index (χ0v) is 12.6. The quantitative estimate of drug-likeness (QED) is 0.504. The van der Waals surface area contributed by atoms with Crippen LogP contribution in [-0.2, 0) is 9.53 Å². The van der Waals surface area contributed by atoms with Crippen LogP contribution in [-0.4, -0.2) is 35.3 Å². The van der Waals surface area contributed by atoms with E-state index in [-0.39, 0.29) is 0 Å². The second-order valence-electron chi connectivity index (χ2n) is 5.30. The number of ether oxygens (including phenoxy) is 1. The van der Waals surface area contributed by atoms with Gasteiger partial charge in [-0.3, -0.25) is 4.79 Å². The summed E-state index contributed by atoms with van der Waals surface area (Å²) in [7, 11) is 5.28. The average Bonchev–Trinajstić information content (AvgIpc) is 2.11. The van der Waals surface area contributed by atoms with Crippen molar-refractivity contribution >= 4 is 29.7 Å². The lowest BCUT2D eigenvalue weighted by atomic mass is 9.78. The Bertz CT molecular complexity index is 462. The number of carbonyl (C=O) groups excluding carboxylic acids is 1. The Kier molecular flexibility index (Phi) is 4.82. The van der Waals surface area contributed by atoms with Gasteiger partial charge in [0.25, 0.3) is 0 Å². The van der Waals surface area contributed by atoms with Crippen LogP contribution in [0.3, 0.4) is 0 Å². The number of rotatable bonds is 3. The standard InChI is InChI=1S/C13H16BBrO4/c1-12(2,3)19-11(16)10(13(14,17)18)8-5-4-6-9(15)7-8/h4-7,10,17-18H,1-3H3. The highest BCUT2D eigenvalue weighted by Gasteiger charge is 2.39. The molecule has 1 aromatic carbocycles. The first-order valence-electron chi connectivity index (χ1n) is 5.72. The van der Waals surface area contributed by atoms with E-state index in [9.17, 15) is 15.0 Å². The van der Waals surface area contributed by atoms with Crippen molar-refractivity contribution in [3.8, 4) is 0 Å². The molecular weight excluding hydrogens is 311 g/mol. The van der Waals surface area contributed by atoms with Crippen LogP contribution < -0.4 is 0 Å². The molecule has 0 aromatic heterocycles. The summed E-state index contributed by atoms with van der Waals surface area (Å²) in [6.07, 6.45) is 0. The Morgan fingerprint density at radius 3 is 2.37 bits per heavy atom. The third-order valence-electron chi connectivity index (χ3n) is 2.25. The Morgan fingerprint density at radius 1 is 1.37 bits per heavy atom. The summed E-state index contributed by atoms with van der Waals surface area (Å²) in [4.78, 5) is 12.1. The van der Waals surface area contributed by atoms with Crippen LogP contribution in [0, 0.1) is 0 Å². The van der Waals surface area contributed by atoms with Crippen LogP contribution >= 0.6 is 15.9 Å². The maximum atomic E-state index is 12.1. The molecule has 0 heterocycles. The van der Waals surface area contributed by atoms with Crippen LogP contribution in [0.1, 0.15) is 32.3 Å². The smallest absolute Gasteiger partial charge is 0.318 e. The summed E-state index contributed by atoms with van der Waals surface area (Å²) in [5, 5.41) is 19.2. The predicted octanol–water partition coefficient (Wildman–Crippen LogP) is 1.68. The largest absolute Gasteiger partial charge is 0.459 e. The summed E-state index contributed by atoms with van der Waals surface area (Å²) >= 11 is 3.25. The minimum absolute atomic E-state index is 0.358. The molecular formula is C13H16BBrO4. The van der Waals surface area contributed by atoms with E-state index in [1.54, 1.807) is 45.0 Å². The Balaban J connectivity index is 3.13. The normalized spacial score (nSPS) is 14.0. The lowest BCUT2D eigenvalue weighted by Gasteiger charge is -2.30. The van der Waals surface area contributed by atoms with E-state index in [1.165, 1.54) is 0 Å². The minimum atomic E-state index is -2.69. The maximum absolute atomic E-state index is 12.1. The third-order valence-corrected chi connectivity index (χ3v) is 2.74. The van der Waals surface area contributed by atoms with Crippen LogP contribution in [0.2, 0.25) is 0 Å². The van der Waals surface area contributed by atoms with E-state index in [4.69, 9.17) is 12.6 Å². The van der Waals surface area contributed by atoms with Crippen molar-refractivity contribution in [2.45, 2.75) is 38.0 Å². The van der Waals surface area contributed by atoms with Gasteiger partial charge in [-0.15, -0.1) is 0 Å². The topological polar surface area (TPSA) is 66.8 Å². The summed E-state index contributed by atoms with van der Waals surface area (Å²) in [5.41, 5.74) is -3.08. The monoisotopic (exact) mass is 326 g/mol. The number of carbonyl (C=O) groups is 1. The molecule has 102 valence electrons. The highest BCUT2D eigenvalue weighted by molar-refractivity contribution is 9.10. The number of halogens is 1. The molecule has 0 aliphatic rings. The van der Waals surface area contributed by atoms with Crippen LogP contribution in [0.25, 0.3) is 0 Å². The van der Waals surface area contributed by atoms with Gasteiger partial charge in [-0.1, -0.05) is 28.1 Å². The number of hydrogen-bond donors (Lipinski definition) is 2. The predicted molar refractivity (Wildman–Crippen MR) is 75.7 cm³/mol. The van der Waals surface area contributed by atoms with Crippen molar-refractivity contribution in [2.24, 2.45) is 0 Å². The van der Waals surface area contributed by atoms with Gasteiger partial charge in [-0.05, 0) is 38.5 Å². The molecule has 0 spiro atoms. The highest BCUT2D eigenvalue weighted by atomic mass is 79.9. The van der Waals surface area contributed by atoms with E-state index in [0.29, 0.717) is 10.0 Å². The van der Waals surface area contributed by atoms with Crippen molar-refractivity contribution in [1.82, 2.24) is 0 Å². The van der Waals surface area contributed by atoms with Gasteiger partial charge in [0.05, 0.1) is 0 Å². The van der Waals surface area contributed by atoms with E-state index < -0.39 is 23.2 Å². The third kappa shape index (κ3) is 4.97. The fourth-order valence-electron chi connectivity index (χ4n) is 1.60. The van der Waals surface area contributed by atoms with Crippen LogP contribution in [0.15, 0.2) is 28.7 Å².